The van der Waals surface area contributed by atoms with Gasteiger partial charge in [0.05, 0.1) is 17.9 Å². The molecule has 0 saturated carbocycles. The number of hydrogen-bond acceptors (Lipinski definition) is 5. The smallest absolute Gasteiger partial charge is 0.407 e. The van der Waals surface area contributed by atoms with Crippen molar-refractivity contribution in [3.63, 3.8) is 0 Å². The molecule has 2 amide bonds. The van der Waals surface area contributed by atoms with Crippen LogP contribution in [-0.2, 0) is 14.3 Å². The van der Waals surface area contributed by atoms with Gasteiger partial charge >= 0.3 is 12.1 Å². The highest BCUT2D eigenvalue weighted by Crippen LogP contribution is 2.44. The minimum atomic E-state index is -1.17. The summed E-state index contributed by atoms with van der Waals surface area (Å²) in [7, 11) is 0. The van der Waals surface area contributed by atoms with Crippen molar-refractivity contribution in [3.05, 3.63) is 59.7 Å². The van der Waals surface area contributed by atoms with Crippen LogP contribution in [0.3, 0.4) is 0 Å². The van der Waals surface area contributed by atoms with Crippen LogP contribution in [0.15, 0.2) is 48.5 Å². The average Bonchev–Trinajstić information content (AvgIpc) is 3.13. The van der Waals surface area contributed by atoms with E-state index >= 15 is 0 Å². The Bertz CT molecular complexity index is 1040. The van der Waals surface area contributed by atoms with Gasteiger partial charge in [0.2, 0.25) is 5.91 Å². The Morgan fingerprint density at radius 2 is 1.54 bits per heavy atom. The van der Waals surface area contributed by atoms with Crippen LogP contribution in [0.25, 0.3) is 11.1 Å². The molecule has 8 heteroatoms. The summed E-state index contributed by atoms with van der Waals surface area (Å²) in [5.41, 5.74) is 3.28. The summed E-state index contributed by atoms with van der Waals surface area (Å²) in [5, 5.41) is 24.9. The van der Waals surface area contributed by atoms with Gasteiger partial charge in [-0.25, -0.2) is 4.79 Å². The number of amides is 2. The number of rotatable bonds is 10. The molecule has 2 unspecified atom stereocenters. The number of ether oxygens (including phenoxy) is 1. The third-order valence-electron chi connectivity index (χ3n) is 6.56. The Morgan fingerprint density at radius 3 is 2.06 bits per heavy atom. The quantitative estimate of drug-likeness (QED) is 0.411. The van der Waals surface area contributed by atoms with Gasteiger partial charge in [-0.2, -0.15) is 0 Å². The lowest BCUT2D eigenvalue weighted by Crippen LogP contribution is -2.52. The third kappa shape index (κ3) is 6.00. The first kappa shape index (κ1) is 26.2. The first-order valence-corrected chi connectivity index (χ1v) is 11.8. The minimum Gasteiger partial charge on any atom is -0.481 e. The van der Waals surface area contributed by atoms with Gasteiger partial charge in [0.25, 0.3) is 0 Å². The van der Waals surface area contributed by atoms with Crippen molar-refractivity contribution in [3.8, 4) is 11.1 Å². The van der Waals surface area contributed by atoms with Crippen molar-refractivity contribution in [2.24, 2.45) is 11.3 Å². The van der Waals surface area contributed by atoms with E-state index in [1.54, 1.807) is 13.8 Å². The fraction of sp³-hybridized carbons (Fsp3) is 0.444. The number of hydrogen-bond donors (Lipinski definition) is 4. The van der Waals surface area contributed by atoms with Crippen LogP contribution < -0.4 is 10.6 Å². The molecule has 0 saturated heterocycles. The zero-order chi connectivity index (χ0) is 25.8. The normalized spacial score (nSPS) is 14.6. The molecule has 2 atom stereocenters. The zero-order valence-corrected chi connectivity index (χ0v) is 20.6. The van der Waals surface area contributed by atoms with Gasteiger partial charge in [0.1, 0.15) is 6.61 Å². The number of alkyl carbamates (subject to hydrolysis) is 1. The second-order valence-electron chi connectivity index (χ2n) is 9.88. The van der Waals surface area contributed by atoms with Crippen LogP contribution >= 0.6 is 0 Å². The van der Waals surface area contributed by atoms with Crippen molar-refractivity contribution < 1.29 is 29.3 Å². The topological polar surface area (TPSA) is 125 Å². The Hall–Kier alpha value is -3.39. The zero-order valence-electron chi connectivity index (χ0n) is 20.6. The van der Waals surface area contributed by atoms with Gasteiger partial charge in [-0.1, -0.05) is 62.4 Å². The van der Waals surface area contributed by atoms with Crippen molar-refractivity contribution in [2.45, 2.75) is 52.2 Å². The Labute approximate surface area is 205 Å². The summed E-state index contributed by atoms with van der Waals surface area (Å²) in [6.07, 6.45) is -2.10. The molecule has 3 rings (SSSR count). The highest BCUT2D eigenvalue weighted by atomic mass is 16.5. The maximum absolute atomic E-state index is 12.4. The fourth-order valence-electron chi connectivity index (χ4n) is 4.68. The number of fused-ring (bicyclic) bond motifs is 3. The fourth-order valence-corrected chi connectivity index (χ4v) is 4.68. The van der Waals surface area contributed by atoms with E-state index in [2.05, 4.69) is 22.8 Å². The lowest BCUT2D eigenvalue weighted by Gasteiger charge is -2.34. The van der Waals surface area contributed by atoms with Gasteiger partial charge in [-0.15, -0.1) is 0 Å². The second-order valence-corrected chi connectivity index (χ2v) is 9.88. The van der Waals surface area contributed by atoms with Gasteiger partial charge in [0, 0.05) is 18.5 Å². The van der Waals surface area contributed by atoms with E-state index in [0.29, 0.717) is 0 Å². The Kier molecular flexibility index (Phi) is 8.17. The highest BCUT2D eigenvalue weighted by Gasteiger charge is 2.39. The minimum absolute atomic E-state index is 0.0746. The van der Waals surface area contributed by atoms with Gasteiger partial charge in [-0.3, -0.25) is 9.59 Å². The highest BCUT2D eigenvalue weighted by molar-refractivity contribution is 5.80. The molecule has 0 spiro atoms. The van der Waals surface area contributed by atoms with E-state index in [0.717, 1.165) is 22.3 Å². The molecule has 0 aliphatic heterocycles. The van der Waals surface area contributed by atoms with Gasteiger partial charge in [0.15, 0.2) is 0 Å². The SMILES string of the molecule is CC(C)C(NC(=O)CC(O)CNC(=O)OCC1c2ccccc2-c2ccccc21)C(C)(C)C(=O)O. The summed E-state index contributed by atoms with van der Waals surface area (Å²) in [5.74, 6) is -1.70. The Balaban J connectivity index is 1.49. The Morgan fingerprint density at radius 1 is 1.00 bits per heavy atom. The summed E-state index contributed by atoms with van der Waals surface area (Å²) < 4.78 is 5.44. The van der Waals surface area contributed by atoms with Crippen molar-refractivity contribution in [2.75, 3.05) is 13.2 Å². The van der Waals surface area contributed by atoms with E-state index in [9.17, 15) is 24.6 Å². The average molecular weight is 483 g/mol. The van der Waals surface area contributed by atoms with Gasteiger partial charge in [-0.05, 0) is 42.0 Å². The number of carboxylic acids is 1. The first-order chi connectivity index (χ1) is 16.5. The summed E-state index contributed by atoms with van der Waals surface area (Å²) in [6.45, 7) is 6.73. The van der Waals surface area contributed by atoms with Crippen LogP contribution in [0, 0.1) is 11.3 Å². The molecular weight excluding hydrogens is 448 g/mol. The van der Waals surface area contributed by atoms with Crippen molar-refractivity contribution in [1.29, 1.82) is 0 Å². The van der Waals surface area contributed by atoms with Crippen LogP contribution in [0.1, 0.15) is 51.2 Å². The molecule has 35 heavy (non-hydrogen) atoms. The van der Waals surface area contributed by atoms with Crippen molar-refractivity contribution in [1.82, 2.24) is 10.6 Å². The van der Waals surface area contributed by atoms with E-state index in [1.807, 2.05) is 50.2 Å². The number of carbonyl (C=O) groups is 3. The van der Waals surface area contributed by atoms with Crippen LogP contribution in [0.5, 0.6) is 0 Å². The summed E-state index contributed by atoms with van der Waals surface area (Å²) in [4.78, 5) is 36.3. The predicted octanol–water partition coefficient (Wildman–Crippen LogP) is 3.53. The number of carboxylic acid groups (broad SMARTS) is 1. The van der Waals surface area contributed by atoms with Crippen LogP contribution in [0.2, 0.25) is 0 Å². The molecule has 4 N–H and O–H groups in total. The summed E-state index contributed by atoms with van der Waals surface area (Å²) in [6, 6.07) is 15.4. The number of nitrogens with one attached hydrogen (secondary N) is 2. The molecule has 1 aliphatic carbocycles. The molecule has 0 bridgehead atoms. The number of carbonyl (C=O) groups excluding carboxylic acids is 2. The lowest BCUT2D eigenvalue weighted by molar-refractivity contribution is -0.150. The van der Waals surface area contributed by atoms with E-state index in [-0.39, 0.29) is 31.4 Å². The molecule has 2 aromatic carbocycles. The summed E-state index contributed by atoms with van der Waals surface area (Å²) >= 11 is 0. The third-order valence-corrected chi connectivity index (χ3v) is 6.56. The molecule has 2 aromatic rings. The maximum Gasteiger partial charge on any atom is 0.407 e. The standard InChI is InChI=1S/C27H34N2O6/c1-16(2)24(27(3,4)25(32)33)29-23(31)13-17(30)14-28-26(34)35-15-22-20-11-7-5-9-18(20)19-10-6-8-12-21(19)22/h5-12,16-17,22,24,30H,13-15H2,1-4H3,(H,28,34)(H,29,31)(H,32,33). The number of benzene rings is 2. The first-order valence-electron chi connectivity index (χ1n) is 11.8. The number of aliphatic hydroxyl groups excluding tert-OH is 1. The maximum atomic E-state index is 12.4. The molecule has 8 nitrogen and oxygen atoms in total. The molecule has 1 aliphatic rings. The van der Waals surface area contributed by atoms with Crippen LogP contribution in [0.4, 0.5) is 4.79 Å². The van der Waals surface area contributed by atoms with Gasteiger partial charge < -0.3 is 25.6 Å². The van der Waals surface area contributed by atoms with Crippen LogP contribution in [-0.4, -0.2) is 53.5 Å². The largest absolute Gasteiger partial charge is 0.481 e. The van der Waals surface area contributed by atoms with E-state index in [4.69, 9.17) is 4.74 Å². The molecule has 0 aromatic heterocycles. The lowest BCUT2D eigenvalue weighted by atomic mass is 9.78. The molecule has 0 fully saturated rings. The van der Waals surface area contributed by atoms with E-state index < -0.39 is 35.5 Å². The van der Waals surface area contributed by atoms with Crippen molar-refractivity contribution >= 4 is 18.0 Å². The van der Waals surface area contributed by atoms with E-state index in [1.165, 1.54) is 0 Å². The number of aliphatic carboxylic acids is 1. The number of aliphatic hydroxyl groups is 1. The second kappa shape index (κ2) is 10.9. The predicted molar refractivity (Wildman–Crippen MR) is 132 cm³/mol. The monoisotopic (exact) mass is 482 g/mol. The molecule has 188 valence electrons. The molecule has 0 heterocycles. The molecular formula is C27H34N2O6. The molecule has 0 radical (unpaired) electrons.